The molecule has 0 saturated carbocycles. The van der Waals surface area contributed by atoms with Crippen molar-refractivity contribution in [2.75, 3.05) is 18.0 Å². The average Bonchev–Trinajstić information content (AvgIpc) is 3.26. The van der Waals surface area contributed by atoms with Gasteiger partial charge in [0.2, 0.25) is 5.88 Å². The van der Waals surface area contributed by atoms with Crippen molar-refractivity contribution in [1.82, 2.24) is 4.98 Å². The van der Waals surface area contributed by atoms with Gasteiger partial charge in [-0.2, -0.15) is 13.2 Å². The van der Waals surface area contributed by atoms with Gasteiger partial charge in [0.05, 0.1) is 18.7 Å². The van der Waals surface area contributed by atoms with Gasteiger partial charge in [-0.1, -0.05) is 30.3 Å². The van der Waals surface area contributed by atoms with Crippen LogP contribution in [0.15, 0.2) is 60.8 Å². The van der Waals surface area contributed by atoms with E-state index in [4.69, 9.17) is 10.5 Å². The Balaban J connectivity index is 1.45. The maximum absolute atomic E-state index is 12.7. The average molecular weight is 443 g/mol. The Bertz CT molecular complexity index is 1050. The van der Waals surface area contributed by atoms with Crippen molar-refractivity contribution in [2.45, 2.75) is 31.9 Å². The van der Waals surface area contributed by atoms with Crippen molar-refractivity contribution in [3.8, 4) is 17.0 Å². The Morgan fingerprint density at radius 2 is 1.81 bits per heavy atom. The summed E-state index contributed by atoms with van der Waals surface area (Å²) >= 11 is 0. The molecule has 3 N–H and O–H groups in total. The van der Waals surface area contributed by atoms with Crippen LogP contribution in [0.2, 0.25) is 0 Å². The Morgan fingerprint density at radius 3 is 2.44 bits per heavy atom. The summed E-state index contributed by atoms with van der Waals surface area (Å²) in [4.78, 5) is 5.90. The molecule has 1 aliphatic rings. The van der Waals surface area contributed by atoms with Gasteiger partial charge < -0.3 is 20.5 Å². The van der Waals surface area contributed by atoms with E-state index in [-0.39, 0.29) is 18.6 Å². The zero-order valence-electron chi connectivity index (χ0n) is 17.3. The van der Waals surface area contributed by atoms with E-state index in [1.807, 2.05) is 42.5 Å². The van der Waals surface area contributed by atoms with Gasteiger partial charge in [-0.05, 0) is 34.9 Å². The fraction of sp³-hybridized carbons (Fsp3) is 0.292. The molecule has 8 heteroatoms. The van der Waals surface area contributed by atoms with Crippen molar-refractivity contribution >= 4 is 5.69 Å². The highest BCUT2D eigenvalue weighted by molar-refractivity contribution is 5.69. The van der Waals surface area contributed by atoms with E-state index in [0.717, 1.165) is 40.2 Å². The van der Waals surface area contributed by atoms with Crippen LogP contribution in [0.5, 0.6) is 5.88 Å². The Morgan fingerprint density at radius 1 is 1.06 bits per heavy atom. The number of aliphatic hydroxyl groups excluding tert-OH is 1. The largest absolute Gasteiger partial charge is 0.472 e. The summed E-state index contributed by atoms with van der Waals surface area (Å²) in [6, 6.07) is 16.2. The van der Waals surface area contributed by atoms with Gasteiger partial charge in [-0.25, -0.2) is 4.98 Å². The molecule has 1 atom stereocenters. The van der Waals surface area contributed by atoms with Gasteiger partial charge in [-0.3, -0.25) is 0 Å². The smallest absolute Gasteiger partial charge is 0.417 e. The van der Waals surface area contributed by atoms with Crippen LogP contribution in [0.3, 0.4) is 0 Å². The zero-order chi connectivity index (χ0) is 22.7. The minimum atomic E-state index is -4.42. The first-order chi connectivity index (χ1) is 15.4. The summed E-state index contributed by atoms with van der Waals surface area (Å²) in [5.41, 5.74) is 9.68. The van der Waals surface area contributed by atoms with Gasteiger partial charge >= 0.3 is 6.18 Å². The molecule has 168 valence electrons. The van der Waals surface area contributed by atoms with E-state index in [0.29, 0.717) is 26.1 Å². The third-order valence-corrected chi connectivity index (χ3v) is 5.61. The molecule has 5 nitrogen and oxygen atoms in total. The van der Waals surface area contributed by atoms with Crippen molar-refractivity contribution in [2.24, 2.45) is 5.73 Å². The molecule has 0 radical (unpaired) electrons. The van der Waals surface area contributed by atoms with Gasteiger partial charge in [-0.15, -0.1) is 0 Å². The maximum atomic E-state index is 12.7. The number of rotatable bonds is 6. The molecule has 0 aliphatic carbocycles. The number of aliphatic hydroxyl groups is 1. The van der Waals surface area contributed by atoms with E-state index >= 15 is 0 Å². The molecule has 1 unspecified atom stereocenters. The molecule has 1 aliphatic heterocycles. The minimum Gasteiger partial charge on any atom is -0.472 e. The number of hydrogen-bond donors (Lipinski definition) is 2. The van der Waals surface area contributed by atoms with Crippen molar-refractivity contribution in [1.29, 1.82) is 0 Å². The molecule has 0 spiro atoms. The highest BCUT2D eigenvalue weighted by Gasteiger charge is 2.31. The normalized spacial score (nSPS) is 16.4. The molecular formula is C24H24F3N3O2. The van der Waals surface area contributed by atoms with Crippen LogP contribution < -0.4 is 15.4 Å². The van der Waals surface area contributed by atoms with E-state index in [1.54, 1.807) is 0 Å². The first-order valence-corrected chi connectivity index (χ1v) is 10.4. The van der Waals surface area contributed by atoms with Crippen molar-refractivity contribution in [3.63, 3.8) is 0 Å². The van der Waals surface area contributed by atoms with Crippen LogP contribution in [0, 0.1) is 0 Å². The van der Waals surface area contributed by atoms with Crippen LogP contribution in [0.1, 0.15) is 23.1 Å². The second-order valence-corrected chi connectivity index (χ2v) is 7.76. The van der Waals surface area contributed by atoms with Gasteiger partial charge in [0, 0.05) is 43.0 Å². The predicted molar refractivity (Wildman–Crippen MR) is 116 cm³/mol. The third kappa shape index (κ3) is 4.87. The van der Waals surface area contributed by atoms with Crippen molar-refractivity contribution in [3.05, 3.63) is 77.5 Å². The van der Waals surface area contributed by atoms with E-state index in [9.17, 15) is 18.3 Å². The summed E-state index contributed by atoms with van der Waals surface area (Å²) in [7, 11) is 0. The van der Waals surface area contributed by atoms with Gasteiger partial charge in [0.15, 0.2) is 0 Å². The lowest BCUT2D eigenvalue weighted by Crippen LogP contribution is -2.25. The first kappa shape index (κ1) is 22.1. The molecule has 3 aromatic rings. The molecule has 0 amide bonds. The lowest BCUT2D eigenvalue weighted by atomic mass is 10.0. The monoisotopic (exact) mass is 443 g/mol. The fourth-order valence-electron chi connectivity index (χ4n) is 3.87. The highest BCUT2D eigenvalue weighted by Crippen LogP contribution is 2.32. The van der Waals surface area contributed by atoms with Crippen LogP contribution in [-0.4, -0.2) is 29.3 Å². The molecule has 0 bridgehead atoms. The number of pyridine rings is 1. The Labute approximate surface area is 184 Å². The quantitative estimate of drug-likeness (QED) is 0.592. The molecule has 1 saturated heterocycles. The molecule has 1 aromatic heterocycles. The lowest BCUT2D eigenvalue weighted by Gasteiger charge is -2.22. The van der Waals surface area contributed by atoms with E-state index < -0.39 is 11.7 Å². The maximum Gasteiger partial charge on any atom is 0.417 e. The number of aromatic nitrogens is 1. The van der Waals surface area contributed by atoms with Crippen molar-refractivity contribution < 1.29 is 23.0 Å². The first-order valence-electron chi connectivity index (χ1n) is 10.4. The lowest BCUT2D eigenvalue weighted by molar-refractivity contribution is -0.137. The second kappa shape index (κ2) is 9.18. The summed E-state index contributed by atoms with van der Waals surface area (Å²) < 4.78 is 43.9. The third-order valence-electron chi connectivity index (χ3n) is 5.61. The van der Waals surface area contributed by atoms with E-state index in [1.165, 1.54) is 6.07 Å². The Hall–Kier alpha value is -3.10. The van der Waals surface area contributed by atoms with Crippen LogP contribution in [0.4, 0.5) is 18.9 Å². The number of halogens is 3. The number of nitrogens with two attached hydrogens (primary N) is 1. The molecule has 4 rings (SSSR count). The number of benzene rings is 2. The number of hydrogen-bond acceptors (Lipinski definition) is 5. The van der Waals surface area contributed by atoms with Crippen LogP contribution in [0.25, 0.3) is 11.1 Å². The van der Waals surface area contributed by atoms with Crippen LogP contribution in [-0.2, 0) is 19.3 Å². The molecule has 32 heavy (non-hydrogen) atoms. The number of anilines is 1. The number of ether oxygens (including phenoxy) is 1. The summed E-state index contributed by atoms with van der Waals surface area (Å²) in [5, 5.41) is 9.95. The summed E-state index contributed by atoms with van der Waals surface area (Å²) in [6.45, 7) is 1.65. The zero-order valence-corrected chi connectivity index (χ0v) is 17.3. The number of nitrogens with zero attached hydrogens (tertiary/aromatic N) is 2. The second-order valence-electron chi connectivity index (χ2n) is 7.76. The topological polar surface area (TPSA) is 71.6 Å². The molecule has 2 heterocycles. The standard InChI is InChI=1S/C24H24F3N3O2/c25-24(26,27)20-6-8-23(29-13-20)32-21-9-10-30(14-21)22-7-5-18(11-19(22)15-31)17-3-1-16(12-28)2-4-17/h1-8,11,13,21,31H,9-10,12,14-15,28H2. The SMILES string of the molecule is NCc1ccc(-c2ccc(N3CCC(Oc4ccc(C(F)(F)F)cn4)C3)c(CO)c2)cc1. The molecule has 1 fully saturated rings. The molecular weight excluding hydrogens is 419 g/mol. The van der Waals surface area contributed by atoms with Gasteiger partial charge in [0.25, 0.3) is 0 Å². The summed E-state index contributed by atoms with van der Waals surface area (Å²) in [6.07, 6.45) is -3.13. The fourth-order valence-corrected chi connectivity index (χ4v) is 3.87. The molecule has 2 aromatic carbocycles. The Kier molecular flexibility index (Phi) is 6.34. The summed E-state index contributed by atoms with van der Waals surface area (Å²) in [5.74, 6) is 0.170. The van der Waals surface area contributed by atoms with Gasteiger partial charge in [0.1, 0.15) is 6.10 Å². The van der Waals surface area contributed by atoms with E-state index in [2.05, 4.69) is 9.88 Å². The predicted octanol–water partition coefficient (Wildman–Crippen LogP) is 4.38. The minimum absolute atomic E-state index is 0.105. The highest BCUT2D eigenvalue weighted by atomic mass is 19.4. The number of alkyl halides is 3. The van der Waals surface area contributed by atoms with Crippen LogP contribution >= 0.6 is 0 Å².